The smallest absolute Gasteiger partial charge is 0.374 e. The van der Waals surface area contributed by atoms with Gasteiger partial charge in [-0.1, -0.05) is 30.3 Å². The first kappa shape index (κ1) is 14.8. The highest BCUT2D eigenvalue weighted by molar-refractivity contribution is 5.98. The van der Waals surface area contributed by atoms with E-state index >= 15 is 0 Å². The van der Waals surface area contributed by atoms with E-state index in [0.717, 1.165) is 0 Å². The predicted molar refractivity (Wildman–Crippen MR) is 81.1 cm³/mol. The van der Waals surface area contributed by atoms with E-state index in [-0.39, 0.29) is 18.2 Å². The Labute approximate surface area is 132 Å². The SMILES string of the molecule is O=C(COC(=O)c1ccc(Cn2cccn2)o1)c1ccccc1. The third-order valence-electron chi connectivity index (χ3n) is 3.17. The second-order valence-electron chi connectivity index (χ2n) is 4.83. The number of aromatic nitrogens is 2. The molecule has 3 rings (SSSR count). The number of rotatable bonds is 6. The molecule has 0 spiro atoms. The molecule has 1 aromatic carbocycles. The van der Waals surface area contributed by atoms with Crippen molar-refractivity contribution in [2.24, 2.45) is 0 Å². The van der Waals surface area contributed by atoms with Crippen molar-refractivity contribution in [1.29, 1.82) is 0 Å². The minimum atomic E-state index is -0.666. The van der Waals surface area contributed by atoms with E-state index in [2.05, 4.69) is 5.10 Å². The number of furan rings is 1. The van der Waals surface area contributed by atoms with Gasteiger partial charge in [0.2, 0.25) is 5.76 Å². The van der Waals surface area contributed by atoms with Crippen LogP contribution in [0, 0.1) is 0 Å². The lowest BCUT2D eigenvalue weighted by Gasteiger charge is -2.02. The molecule has 6 heteroatoms. The molecule has 2 heterocycles. The van der Waals surface area contributed by atoms with Crippen LogP contribution in [0.5, 0.6) is 0 Å². The van der Waals surface area contributed by atoms with Crippen LogP contribution in [-0.4, -0.2) is 28.1 Å². The summed E-state index contributed by atoms with van der Waals surface area (Å²) in [7, 11) is 0. The summed E-state index contributed by atoms with van der Waals surface area (Å²) in [4.78, 5) is 23.8. The number of ketones is 1. The van der Waals surface area contributed by atoms with Crippen molar-refractivity contribution in [3.05, 3.63) is 78.0 Å². The highest BCUT2D eigenvalue weighted by Crippen LogP contribution is 2.11. The first-order valence-electron chi connectivity index (χ1n) is 7.04. The number of ether oxygens (including phenoxy) is 1. The summed E-state index contributed by atoms with van der Waals surface area (Å²) >= 11 is 0. The summed E-state index contributed by atoms with van der Waals surface area (Å²) in [6.45, 7) is 0.0985. The summed E-state index contributed by atoms with van der Waals surface area (Å²) in [5.41, 5.74) is 0.499. The van der Waals surface area contributed by atoms with E-state index in [4.69, 9.17) is 9.15 Å². The Bertz CT molecular complexity index is 791. The number of carbonyl (C=O) groups excluding carboxylic acids is 2. The van der Waals surface area contributed by atoms with Crippen molar-refractivity contribution in [3.8, 4) is 0 Å². The number of benzene rings is 1. The molecule has 0 aliphatic heterocycles. The zero-order valence-electron chi connectivity index (χ0n) is 12.2. The van der Waals surface area contributed by atoms with Crippen LogP contribution >= 0.6 is 0 Å². The van der Waals surface area contributed by atoms with E-state index in [1.807, 2.05) is 6.07 Å². The molecule has 6 nitrogen and oxygen atoms in total. The van der Waals surface area contributed by atoms with Crippen LogP contribution in [0.4, 0.5) is 0 Å². The van der Waals surface area contributed by atoms with Crippen LogP contribution in [0.1, 0.15) is 26.7 Å². The maximum Gasteiger partial charge on any atom is 0.374 e. The molecule has 0 N–H and O–H groups in total. The van der Waals surface area contributed by atoms with Crippen LogP contribution in [0.25, 0.3) is 0 Å². The van der Waals surface area contributed by atoms with Gasteiger partial charge < -0.3 is 9.15 Å². The zero-order chi connectivity index (χ0) is 16.1. The topological polar surface area (TPSA) is 74.3 Å². The molecule has 0 bridgehead atoms. The number of hydrogen-bond acceptors (Lipinski definition) is 5. The van der Waals surface area contributed by atoms with Gasteiger partial charge in [-0.3, -0.25) is 9.48 Å². The molecule has 0 saturated heterocycles. The Hall–Kier alpha value is -3.15. The maximum atomic E-state index is 11.9. The molecule has 23 heavy (non-hydrogen) atoms. The van der Waals surface area contributed by atoms with E-state index in [9.17, 15) is 9.59 Å². The van der Waals surface area contributed by atoms with Gasteiger partial charge in [-0.2, -0.15) is 5.10 Å². The predicted octanol–water partition coefficient (Wildman–Crippen LogP) is 2.56. The minimum Gasteiger partial charge on any atom is -0.452 e. The van der Waals surface area contributed by atoms with Gasteiger partial charge in [0.1, 0.15) is 5.76 Å². The lowest BCUT2D eigenvalue weighted by Crippen LogP contribution is -2.13. The second kappa shape index (κ2) is 6.74. The van der Waals surface area contributed by atoms with Gasteiger partial charge >= 0.3 is 5.97 Å². The molecule has 0 radical (unpaired) electrons. The van der Waals surface area contributed by atoms with Crippen LogP contribution in [0.3, 0.4) is 0 Å². The molecule has 0 unspecified atom stereocenters. The maximum absolute atomic E-state index is 11.9. The van der Waals surface area contributed by atoms with Crippen molar-refractivity contribution in [2.45, 2.75) is 6.54 Å². The Kier molecular flexibility index (Phi) is 4.33. The Morgan fingerprint density at radius 2 is 1.91 bits per heavy atom. The standard InChI is InChI=1S/C17H14N2O4/c20-15(13-5-2-1-3-6-13)12-22-17(21)16-8-7-14(23-16)11-19-10-4-9-18-19/h1-10H,11-12H2. The van der Waals surface area contributed by atoms with Gasteiger partial charge in [-0.05, 0) is 18.2 Å². The van der Waals surface area contributed by atoms with Gasteiger partial charge in [-0.15, -0.1) is 0 Å². The van der Waals surface area contributed by atoms with Gasteiger partial charge in [0.05, 0.1) is 6.54 Å². The van der Waals surface area contributed by atoms with Gasteiger partial charge in [-0.25, -0.2) is 4.79 Å². The van der Waals surface area contributed by atoms with Crippen molar-refractivity contribution in [1.82, 2.24) is 9.78 Å². The average Bonchev–Trinajstić information content (AvgIpc) is 3.25. The Balaban J connectivity index is 1.56. The van der Waals surface area contributed by atoms with E-state index in [1.165, 1.54) is 6.07 Å². The molecule has 0 fully saturated rings. The van der Waals surface area contributed by atoms with Crippen molar-refractivity contribution >= 4 is 11.8 Å². The fourth-order valence-electron chi connectivity index (χ4n) is 2.04. The number of nitrogens with zero attached hydrogens (tertiary/aromatic N) is 2. The summed E-state index contributed by atoms with van der Waals surface area (Å²) in [6.07, 6.45) is 3.45. The first-order chi connectivity index (χ1) is 11.2. The van der Waals surface area contributed by atoms with Gasteiger partial charge in [0.25, 0.3) is 0 Å². The average molecular weight is 310 g/mol. The molecule has 116 valence electrons. The molecule has 3 aromatic rings. The number of esters is 1. The largest absolute Gasteiger partial charge is 0.452 e. The second-order valence-corrected chi connectivity index (χ2v) is 4.83. The quantitative estimate of drug-likeness (QED) is 0.517. The van der Waals surface area contributed by atoms with E-state index in [0.29, 0.717) is 17.9 Å². The minimum absolute atomic E-state index is 0.0630. The summed E-state index contributed by atoms with van der Waals surface area (Å²) in [6, 6.07) is 13.7. The zero-order valence-corrected chi connectivity index (χ0v) is 12.2. The lowest BCUT2D eigenvalue weighted by molar-refractivity contribution is 0.0442. The molecule has 0 atom stereocenters. The normalized spacial score (nSPS) is 10.4. The molecular weight excluding hydrogens is 296 g/mol. The summed E-state index contributed by atoms with van der Waals surface area (Å²) in [5.74, 6) is -0.286. The monoisotopic (exact) mass is 310 g/mol. The van der Waals surface area contributed by atoms with Crippen LogP contribution in [0.15, 0.2) is 65.3 Å². The first-order valence-corrected chi connectivity index (χ1v) is 7.04. The third kappa shape index (κ3) is 3.74. The van der Waals surface area contributed by atoms with Crippen LogP contribution < -0.4 is 0 Å². The highest BCUT2D eigenvalue weighted by atomic mass is 16.5. The molecule has 0 saturated carbocycles. The highest BCUT2D eigenvalue weighted by Gasteiger charge is 2.15. The molecular formula is C17H14N2O4. The lowest BCUT2D eigenvalue weighted by atomic mass is 10.1. The molecule has 0 amide bonds. The third-order valence-corrected chi connectivity index (χ3v) is 3.17. The Morgan fingerprint density at radius 3 is 2.65 bits per heavy atom. The fraction of sp³-hybridized carbons (Fsp3) is 0.118. The van der Waals surface area contributed by atoms with Gasteiger partial charge in [0, 0.05) is 18.0 Å². The molecule has 2 aromatic heterocycles. The van der Waals surface area contributed by atoms with Crippen LogP contribution in [0.2, 0.25) is 0 Å². The van der Waals surface area contributed by atoms with Gasteiger partial charge in [0.15, 0.2) is 12.4 Å². The van der Waals surface area contributed by atoms with Crippen molar-refractivity contribution in [3.63, 3.8) is 0 Å². The van der Waals surface area contributed by atoms with Crippen LogP contribution in [-0.2, 0) is 11.3 Å². The van der Waals surface area contributed by atoms with E-state index in [1.54, 1.807) is 53.5 Å². The number of hydrogen-bond donors (Lipinski definition) is 0. The fourth-order valence-corrected chi connectivity index (χ4v) is 2.04. The van der Waals surface area contributed by atoms with Crippen molar-refractivity contribution in [2.75, 3.05) is 6.61 Å². The molecule has 0 aliphatic rings. The van der Waals surface area contributed by atoms with E-state index < -0.39 is 5.97 Å². The van der Waals surface area contributed by atoms with Crippen molar-refractivity contribution < 1.29 is 18.7 Å². The number of carbonyl (C=O) groups is 2. The molecule has 0 aliphatic carbocycles. The summed E-state index contributed by atoms with van der Waals surface area (Å²) in [5, 5.41) is 4.05. The Morgan fingerprint density at radius 1 is 1.09 bits per heavy atom. The summed E-state index contributed by atoms with van der Waals surface area (Å²) < 4.78 is 12.1. The number of Topliss-reactive ketones (excluding diaryl/α,β-unsaturated/α-hetero) is 1.